The topological polar surface area (TPSA) is 52.6 Å². The van der Waals surface area contributed by atoms with E-state index in [9.17, 15) is 8.42 Å². The smallest absolute Gasteiger partial charge is 0.211 e. The molecule has 1 aliphatic rings. The molecule has 0 amide bonds. The van der Waals surface area contributed by atoms with Crippen molar-refractivity contribution in [2.45, 2.75) is 32.7 Å². The standard InChI is InChI=1S/C12H27N3O2S/c1-5-12(2,3)13-6-7-14-8-10-15(11-9-14)18(4,16)17/h13H,5-11H2,1-4H3. The average molecular weight is 277 g/mol. The normalized spacial score (nSPS) is 20.2. The van der Waals surface area contributed by atoms with Gasteiger partial charge in [0.2, 0.25) is 10.0 Å². The van der Waals surface area contributed by atoms with Crippen LogP contribution in [0, 0.1) is 0 Å². The summed E-state index contributed by atoms with van der Waals surface area (Å²) in [4.78, 5) is 2.32. The largest absolute Gasteiger partial charge is 0.311 e. The Morgan fingerprint density at radius 1 is 1.17 bits per heavy atom. The maximum absolute atomic E-state index is 11.4. The predicted molar refractivity (Wildman–Crippen MR) is 75.2 cm³/mol. The first-order valence-corrected chi connectivity index (χ1v) is 8.52. The van der Waals surface area contributed by atoms with Gasteiger partial charge in [-0.05, 0) is 20.3 Å². The zero-order valence-electron chi connectivity index (χ0n) is 12.1. The molecule has 0 aromatic heterocycles. The van der Waals surface area contributed by atoms with Crippen LogP contribution in [0.2, 0.25) is 0 Å². The number of nitrogens with zero attached hydrogens (tertiary/aromatic N) is 2. The molecule has 5 nitrogen and oxygen atoms in total. The molecule has 0 bridgehead atoms. The van der Waals surface area contributed by atoms with Crippen molar-refractivity contribution in [3.8, 4) is 0 Å². The van der Waals surface area contributed by atoms with Crippen molar-refractivity contribution in [2.75, 3.05) is 45.5 Å². The van der Waals surface area contributed by atoms with Crippen LogP contribution < -0.4 is 5.32 Å². The van der Waals surface area contributed by atoms with Crippen LogP contribution in [0.15, 0.2) is 0 Å². The number of hydrogen-bond acceptors (Lipinski definition) is 4. The molecule has 6 heteroatoms. The highest BCUT2D eigenvalue weighted by Gasteiger charge is 2.23. The second-order valence-electron chi connectivity index (χ2n) is 5.67. The molecular formula is C12H27N3O2S. The molecule has 1 heterocycles. The Bertz CT molecular complexity index is 346. The fourth-order valence-corrected chi connectivity index (χ4v) is 2.79. The molecule has 0 radical (unpaired) electrons. The number of hydrogen-bond donors (Lipinski definition) is 1. The van der Waals surface area contributed by atoms with E-state index in [0.29, 0.717) is 13.1 Å². The van der Waals surface area contributed by atoms with Gasteiger partial charge in [-0.1, -0.05) is 6.92 Å². The average Bonchev–Trinajstić information content (AvgIpc) is 2.28. The van der Waals surface area contributed by atoms with Crippen molar-refractivity contribution in [1.82, 2.24) is 14.5 Å². The van der Waals surface area contributed by atoms with E-state index >= 15 is 0 Å². The van der Waals surface area contributed by atoms with Crippen molar-refractivity contribution in [1.29, 1.82) is 0 Å². The van der Waals surface area contributed by atoms with Crippen LogP contribution in [-0.4, -0.2) is 68.7 Å². The summed E-state index contributed by atoms with van der Waals surface area (Å²) in [5, 5.41) is 3.52. The lowest BCUT2D eigenvalue weighted by Crippen LogP contribution is -2.51. The van der Waals surface area contributed by atoms with Gasteiger partial charge in [0.05, 0.1) is 6.26 Å². The molecule has 1 fully saturated rings. The summed E-state index contributed by atoms with van der Waals surface area (Å²) in [6.07, 6.45) is 2.39. The first-order valence-electron chi connectivity index (χ1n) is 6.67. The Kier molecular flexibility index (Phi) is 5.58. The molecule has 0 aromatic carbocycles. The Balaban J connectivity index is 2.24. The Hall–Kier alpha value is -0.170. The summed E-state index contributed by atoms with van der Waals surface area (Å²) in [7, 11) is -3.01. The lowest BCUT2D eigenvalue weighted by Gasteiger charge is -2.34. The minimum Gasteiger partial charge on any atom is -0.311 e. The van der Waals surface area contributed by atoms with Gasteiger partial charge in [-0.15, -0.1) is 0 Å². The Morgan fingerprint density at radius 3 is 2.17 bits per heavy atom. The monoisotopic (exact) mass is 277 g/mol. The van der Waals surface area contributed by atoms with Gasteiger partial charge in [0.15, 0.2) is 0 Å². The predicted octanol–water partition coefficient (Wildman–Crippen LogP) is 0.342. The molecule has 1 aliphatic heterocycles. The lowest BCUT2D eigenvalue weighted by atomic mass is 10.0. The fraction of sp³-hybridized carbons (Fsp3) is 1.00. The molecule has 0 aromatic rings. The van der Waals surface area contributed by atoms with Crippen molar-refractivity contribution >= 4 is 10.0 Å². The van der Waals surface area contributed by atoms with Gasteiger partial charge in [-0.3, -0.25) is 4.90 Å². The maximum atomic E-state index is 11.4. The summed E-state index contributed by atoms with van der Waals surface area (Å²) in [5.41, 5.74) is 0.189. The summed E-state index contributed by atoms with van der Waals surface area (Å²) in [5.74, 6) is 0. The summed E-state index contributed by atoms with van der Waals surface area (Å²) in [6, 6.07) is 0. The fourth-order valence-electron chi connectivity index (χ4n) is 1.96. The third kappa shape index (κ3) is 5.22. The molecule has 0 atom stereocenters. The second-order valence-corrected chi connectivity index (χ2v) is 7.65. The molecule has 1 saturated heterocycles. The van der Waals surface area contributed by atoms with E-state index in [-0.39, 0.29) is 5.54 Å². The molecule has 0 spiro atoms. The lowest BCUT2D eigenvalue weighted by molar-refractivity contribution is 0.184. The van der Waals surface area contributed by atoms with Crippen LogP contribution in [0.1, 0.15) is 27.2 Å². The van der Waals surface area contributed by atoms with Crippen molar-refractivity contribution in [3.05, 3.63) is 0 Å². The van der Waals surface area contributed by atoms with Gasteiger partial charge < -0.3 is 5.32 Å². The van der Waals surface area contributed by atoms with E-state index in [0.717, 1.165) is 32.6 Å². The second kappa shape index (κ2) is 6.32. The molecule has 0 saturated carbocycles. The minimum absolute atomic E-state index is 0.189. The third-order valence-electron chi connectivity index (χ3n) is 3.72. The summed E-state index contributed by atoms with van der Waals surface area (Å²) in [6.45, 7) is 11.4. The summed E-state index contributed by atoms with van der Waals surface area (Å²) >= 11 is 0. The first-order chi connectivity index (χ1) is 8.24. The molecule has 0 aliphatic carbocycles. The highest BCUT2D eigenvalue weighted by atomic mass is 32.2. The molecular weight excluding hydrogens is 250 g/mol. The number of piperazine rings is 1. The molecule has 1 rings (SSSR count). The molecule has 1 N–H and O–H groups in total. The van der Waals surface area contributed by atoms with Crippen LogP contribution in [0.4, 0.5) is 0 Å². The van der Waals surface area contributed by atoms with Gasteiger partial charge in [0.1, 0.15) is 0 Å². The van der Waals surface area contributed by atoms with E-state index in [2.05, 4.69) is 31.0 Å². The van der Waals surface area contributed by atoms with Crippen molar-refractivity contribution < 1.29 is 8.42 Å². The highest BCUT2D eigenvalue weighted by Crippen LogP contribution is 2.07. The maximum Gasteiger partial charge on any atom is 0.211 e. The van der Waals surface area contributed by atoms with Crippen LogP contribution in [0.3, 0.4) is 0 Å². The van der Waals surface area contributed by atoms with E-state index < -0.39 is 10.0 Å². The minimum atomic E-state index is -3.01. The Morgan fingerprint density at radius 2 is 1.72 bits per heavy atom. The van der Waals surface area contributed by atoms with Crippen molar-refractivity contribution in [2.24, 2.45) is 0 Å². The van der Waals surface area contributed by atoms with E-state index in [1.54, 1.807) is 4.31 Å². The highest BCUT2D eigenvalue weighted by molar-refractivity contribution is 7.88. The van der Waals surface area contributed by atoms with Crippen LogP contribution in [-0.2, 0) is 10.0 Å². The van der Waals surface area contributed by atoms with Gasteiger partial charge in [0, 0.05) is 44.8 Å². The molecule has 108 valence electrons. The van der Waals surface area contributed by atoms with Gasteiger partial charge in [-0.25, -0.2) is 8.42 Å². The SMILES string of the molecule is CCC(C)(C)NCCN1CCN(S(C)(=O)=O)CC1. The molecule has 0 unspecified atom stereocenters. The van der Waals surface area contributed by atoms with Crippen LogP contribution in [0.25, 0.3) is 0 Å². The van der Waals surface area contributed by atoms with Gasteiger partial charge in [0.25, 0.3) is 0 Å². The van der Waals surface area contributed by atoms with E-state index in [1.807, 2.05) is 0 Å². The number of nitrogens with one attached hydrogen (secondary N) is 1. The van der Waals surface area contributed by atoms with Crippen LogP contribution >= 0.6 is 0 Å². The molecule has 18 heavy (non-hydrogen) atoms. The zero-order valence-corrected chi connectivity index (χ0v) is 12.9. The van der Waals surface area contributed by atoms with Gasteiger partial charge >= 0.3 is 0 Å². The van der Waals surface area contributed by atoms with Gasteiger partial charge in [-0.2, -0.15) is 4.31 Å². The van der Waals surface area contributed by atoms with Crippen molar-refractivity contribution in [3.63, 3.8) is 0 Å². The number of rotatable bonds is 6. The zero-order chi connectivity index (χ0) is 13.8. The quantitative estimate of drug-likeness (QED) is 0.761. The van der Waals surface area contributed by atoms with E-state index in [1.165, 1.54) is 6.26 Å². The first kappa shape index (κ1) is 15.9. The van der Waals surface area contributed by atoms with E-state index in [4.69, 9.17) is 0 Å². The third-order valence-corrected chi connectivity index (χ3v) is 5.02. The number of sulfonamides is 1. The summed E-state index contributed by atoms with van der Waals surface area (Å²) < 4.78 is 24.3. The van der Waals surface area contributed by atoms with Crippen LogP contribution in [0.5, 0.6) is 0 Å². The Labute approximate surface area is 112 Å².